The predicted octanol–water partition coefficient (Wildman–Crippen LogP) is -1.05. The minimum Gasteiger partial charge on any atom is -1.00 e. The van der Waals surface area contributed by atoms with Gasteiger partial charge < -0.3 is 4.70 Å². The Morgan fingerprint density at radius 2 is 0.667 bits per heavy atom. The summed E-state index contributed by atoms with van der Waals surface area (Å²) in [7, 11) is 0. The monoisotopic (exact) mass is 89.1 g/mol. The Morgan fingerprint density at radius 1 is 0.500 bits per heavy atom. The van der Waals surface area contributed by atoms with Crippen LogP contribution in [0.4, 0.5) is 0 Å². The molecule has 0 atom stereocenters. The van der Waals surface area contributed by atoms with Crippen molar-refractivity contribution in [3.05, 3.63) is 0 Å². The van der Waals surface area contributed by atoms with E-state index in [1.807, 2.05) is 0 Å². The molecule has 0 aromatic rings. The molecule has 0 amide bonds. The number of hydrogen-bond donors (Lipinski definition) is 0. The Hall–Kier alpha value is -0.0700. The molecule has 0 N–H and O–H groups in total. The second kappa shape index (κ2) is 3.13. The molecule has 0 heterocycles. The maximum Gasteiger partial charge on any atom is -0.0533 e. The van der Waals surface area contributed by atoms with E-state index in [-0.39, 0.29) is 4.70 Å². The summed E-state index contributed by atoms with van der Waals surface area (Å²) in [4.78, 5) is 0. The first-order valence-electron chi connectivity index (χ1n) is 2.50. The lowest BCUT2D eigenvalue weighted by molar-refractivity contribution is -0.00000111. The fraction of sp³-hybridized carbons (Fsp3) is 1.00. The van der Waals surface area contributed by atoms with Gasteiger partial charge >= 0.3 is 0 Å². The average Bonchev–Trinajstić information content (AvgIpc) is 1.76. The Kier molecular flexibility index (Phi) is 3.10. The normalized spacial score (nSPS) is 20.0. The topological polar surface area (TPSA) is 0 Å². The Morgan fingerprint density at radius 3 is 0.833 bits per heavy atom. The molecule has 38 valence electrons. The van der Waals surface area contributed by atoms with Crippen molar-refractivity contribution < 1.29 is 4.70 Å². The first kappa shape index (κ1) is 5.93. The highest BCUT2D eigenvalue weighted by Gasteiger charge is 1.95. The minimum atomic E-state index is 0. The third kappa shape index (κ3) is 1.39. The first-order chi connectivity index (χ1) is 2.50. The van der Waals surface area contributed by atoms with Crippen LogP contribution < -0.4 is 4.70 Å². The van der Waals surface area contributed by atoms with Crippen molar-refractivity contribution >= 4 is 0 Å². The molecular formula is C5H10F-. The largest absolute Gasteiger partial charge is 1.00 e. The van der Waals surface area contributed by atoms with Gasteiger partial charge in [0.2, 0.25) is 0 Å². The van der Waals surface area contributed by atoms with Crippen LogP contribution in [0.5, 0.6) is 0 Å². The molecular weight excluding hydrogens is 79.1 g/mol. The summed E-state index contributed by atoms with van der Waals surface area (Å²) in [5, 5.41) is 0. The van der Waals surface area contributed by atoms with Gasteiger partial charge in [-0.25, -0.2) is 0 Å². The van der Waals surface area contributed by atoms with Gasteiger partial charge in [0.25, 0.3) is 0 Å². The summed E-state index contributed by atoms with van der Waals surface area (Å²) in [5.74, 6) is 0. The van der Waals surface area contributed by atoms with Crippen molar-refractivity contribution in [2.45, 2.75) is 32.1 Å². The molecule has 0 aliphatic heterocycles. The van der Waals surface area contributed by atoms with Gasteiger partial charge in [-0.3, -0.25) is 0 Å². The third-order valence-corrected chi connectivity index (χ3v) is 1.25. The lowest BCUT2D eigenvalue weighted by Crippen LogP contribution is -3.00. The van der Waals surface area contributed by atoms with E-state index >= 15 is 0 Å². The summed E-state index contributed by atoms with van der Waals surface area (Å²) in [6.07, 6.45) is 7.50. The summed E-state index contributed by atoms with van der Waals surface area (Å²) in [6, 6.07) is 0. The molecule has 0 nitrogen and oxygen atoms in total. The standard InChI is InChI=1S/C5H10.FH/c1-2-4-5-3-1;/h1-5H2;1H/p-1. The minimum absolute atomic E-state index is 0. The van der Waals surface area contributed by atoms with E-state index in [2.05, 4.69) is 0 Å². The molecule has 1 rings (SSSR count). The zero-order chi connectivity index (χ0) is 3.54. The van der Waals surface area contributed by atoms with Crippen LogP contribution in [-0.2, 0) is 0 Å². The predicted molar refractivity (Wildman–Crippen MR) is 23.1 cm³/mol. The number of rotatable bonds is 0. The molecule has 0 unspecified atom stereocenters. The highest BCUT2D eigenvalue weighted by Crippen LogP contribution is 2.15. The van der Waals surface area contributed by atoms with Crippen LogP contribution >= 0.6 is 0 Å². The molecule has 1 heteroatoms. The van der Waals surface area contributed by atoms with Crippen molar-refractivity contribution in [1.29, 1.82) is 0 Å². The highest BCUT2D eigenvalue weighted by atomic mass is 19.0. The Bertz CT molecular complexity index is 15.5. The maximum atomic E-state index is 1.50. The summed E-state index contributed by atoms with van der Waals surface area (Å²) >= 11 is 0. The van der Waals surface area contributed by atoms with E-state index in [9.17, 15) is 0 Å². The molecule has 0 aromatic carbocycles. The molecule has 1 saturated carbocycles. The number of halogens is 1. The van der Waals surface area contributed by atoms with Gasteiger partial charge in [0.1, 0.15) is 0 Å². The van der Waals surface area contributed by atoms with Crippen LogP contribution in [0.2, 0.25) is 0 Å². The van der Waals surface area contributed by atoms with Crippen molar-refractivity contribution in [3.63, 3.8) is 0 Å². The van der Waals surface area contributed by atoms with Crippen molar-refractivity contribution in [3.8, 4) is 0 Å². The third-order valence-electron chi connectivity index (χ3n) is 1.25. The van der Waals surface area contributed by atoms with E-state index in [0.29, 0.717) is 0 Å². The van der Waals surface area contributed by atoms with Crippen molar-refractivity contribution in [1.82, 2.24) is 0 Å². The van der Waals surface area contributed by atoms with Crippen LogP contribution in [0.3, 0.4) is 0 Å². The molecule has 1 fully saturated rings. The zero-order valence-corrected chi connectivity index (χ0v) is 3.91. The van der Waals surface area contributed by atoms with Gasteiger partial charge in [0.05, 0.1) is 0 Å². The number of hydrogen-bond acceptors (Lipinski definition) is 0. The van der Waals surface area contributed by atoms with Gasteiger partial charge in [-0.15, -0.1) is 0 Å². The van der Waals surface area contributed by atoms with Crippen molar-refractivity contribution in [2.24, 2.45) is 0 Å². The fourth-order valence-electron chi connectivity index (χ4n) is 0.884. The van der Waals surface area contributed by atoms with Crippen molar-refractivity contribution in [2.75, 3.05) is 0 Å². The quantitative estimate of drug-likeness (QED) is 0.355. The Labute approximate surface area is 37.9 Å². The summed E-state index contributed by atoms with van der Waals surface area (Å²) < 4.78 is 0. The highest BCUT2D eigenvalue weighted by molar-refractivity contribution is 4.51. The lowest BCUT2D eigenvalue weighted by Gasteiger charge is -1.67. The van der Waals surface area contributed by atoms with Gasteiger partial charge in [-0.1, -0.05) is 32.1 Å². The Balaban J connectivity index is 0.000000250. The van der Waals surface area contributed by atoms with Crippen LogP contribution in [0, 0.1) is 0 Å². The van der Waals surface area contributed by atoms with Crippen LogP contribution in [0.15, 0.2) is 0 Å². The average molecular weight is 89.1 g/mol. The molecule has 0 bridgehead atoms. The van der Waals surface area contributed by atoms with E-state index in [1.165, 1.54) is 32.1 Å². The molecule has 1 aliphatic carbocycles. The summed E-state index contributed by atoms with van der Waals surface area (Å²) in [6.45, 7) is 0. The molecule has 0 aromatic heterocycles. The van der Waals surface area contributed by atoms with E-state index in [4.69, 9.17) is 0 Å². The second-order valence-electron chi connectivity index (χ2n) is 1.77. The smallest absolute Gasteiger partial charge is 0.0533 e. The summed E-state index contributed by atoms with van der Waals surface area (Å²) in [5.41, 5.74) is 0. The van der Waals surface area contributed by atoms with Gasteiger partial charge in [-0.05, 0) is 0 Å². The fourth-order valence-corrected chi connectivity index (χ4v) is 0.884. The maximum absolute atomic E-state index is 1.50. The van der Waals surface area contributed by atoms with E-state index < -0.39 is 0 Å². The van der Waals surface area contributed by atoms with Crippen LogP contribution in [0.1, 0.15) is 32.1 Å². The first-order valence-corrected chi connectivity index (χ1v) is 2.50. The van der Waals surface area contributed by atoms with Gasteiger partial charge in [0, 0.05) is 0 Å². The van der Waals surface area contributed by atoms with Crippen LogP contribution in [-0.4, -0.2) is 0 Å². The second-order valence-corrected chi connectivity index (χ2v) is 1.77. The van der Waals surface area contributed by atoms with E-state index in [1.54, 1.807) is 0 Å². The molecule has 0 spiro atoms. The molecule has 0 saturated heterocycles. The molecule has 1 aliphatic rings. The van der Waals surface area contributed by atoms with Gasteiger partial charge in [0.15, 0.2) is 0 Å². The van der Waals surface area contributed by atoms with E-state index in [0.717, 1.165) is 0 Å². The zero-order valence-electron chi connectivity index (χ0n) is 3.91. The SMILES string of the molecule is C1CCCC1.[F-]. The van der Waals surface area contributed by atoms with Crippen LogP contribution in [0.25, 0.3) is 0 Å². The lowest BCUT2D eigenvalue weighted by atomic mass is 10.4. The molecule has 6 heavy (non-hydrogen) atoms. The van der Waals surface area contributed by atoms with Gasteiger partial charge in [-0.2, -0.15) is 0 Å². The molecule has 0 radical (unpaired) electrons.